The number of benzene rings is 1. The minimum absolute atomic E-state index is 0.198. The van der Waals surface area contributed by atoms with Crippen LogP contribution >= 0.6 is 0 Å². The lowest BCUT2D eigenvalue weighted by atomic mass is 10.3. The lowest BCUT2D eigenvalue weighted by Crippen LogP contribution is -2.50. The topological polar surface area (TPSA) is 61.4 Å². The van der Waals surface area contributed by atoms with Gasteiger partial charge in [-0.15, -0.1) is 0 Å². The molecule has 1 aromatic carbocycles. The Balaban J connectivity index is 1.57. The van der Waals surface area contributed by atoms with Gasteiger partial charge < -0.3 is 15.1 Å². The highest BCUT2D eigenvalue weighted by molar-refractivity contribution is 5.89. The van der Waals surface area contributed by atoms with Crippen LogP contribution in [0.25, 0.3) is 0 Å². The maximum Gasteiger partial charge on any atom is 0.322 e. The average molecular weight is 301 g/mol. The van der Waals surface area contributed by atoms with Crippen LogP contribution in [0.5, 0.6) is 0 Å². The Morgan fingerprint density at radius 2 is 1.91 bits per heavy atom. The van der Waals surface area contributed by atoms with E-state index >= 15 is 0 Å². The number of hydrogen-bond acceptors (Lipinski definition) is 4. The molecule has 2 heterocycles. The smallest absolute Gasteiger partial charge is 0.322 e. The molecule has 1 aliphatic heterocycles. The Morgan fingerprint density at radius 1 is 1.14 bits per heavy atom. The van der Waals surface area contributed by atoms with E-state index in [0.29, 0.717) is 26.2 Å². The summed E-state index contributed by atoms with van der Waals surface area (Å²) >= 11 is 0. The summed E-state index contributed by atoms with van der Waals surface area (Å²) in [7, 11) is 0. The fourth-order valence-electron chi connectivity index (χ4n) is 2.35. The predicted octanol–water partition coefficient (Wildman–Crippen LogP) is 1.97. The quantitative estimate of drug-likeness (QED) is 0.921. The van der Waals surface area contributed by atoms with Crippen molar-refractivity contribution in [2.75, 3.05) is 36.4 Å². The average Bonchev–Trinajstić information content (AvgIpc) is 2.58. The van der Waals surface area contributed by atoms with Crippen molar-refractivity contribution in [3.05, 3.63) is 48.7 Å². The van der Waals surface area contributed by atoms with Gasteiger partial charge in [0.1, 0.15) is 11.6 Å². The van der Waals surface area contributed by atoms with E-state index in [1.54, 1.807) is 41.7 Å². The third-order valence-electron chi connectivity index (χ3n) is 3.56. The second-order valence-electron chi connectivity index (χ2n) is 4.95. The molecule has 6 nitrogen and oxygen atoms in total. The van der Waals surface area contributed by atoms with Gasteiger partial charge in [0, 0.05) is 38.6 Å². The number of anilines is 2. The molecule has 2 aromatic rings. The molecule has 0 aliphatic carbocycles. The van der Waals surface area contributed by atoms with Gasteiger partial charge >= 0.3 is 6.03 Å². The molecular weight excluding hydrogens is 285 g/mol. The van der Waals surface area contributed by atoms with E-state index in [2.05, 4.69) is 20.2 Å². The molecule has 7 heteroatoms. The van der Waals surface area contributed by atoms with Crippen molar-refractivity contribution in [3.8, 4) is 0 Å². The van der Waals surface area contributed by atoms with E-state index in [9.17, 15) is 9.18 Å². The normalized spacial score (nSPS) is 14.8. The Kier molecular flexibility index (Phi) is 4.13. The molecule has 1 aromatic heterocycles. The summed E-state index contributed by atoms with van der Waals surface area (Å²) in [6, 6.07) is 5.85. The first-order valence-electron chi connectivity index (χ1n) is 7.05. The monoisotopic (exact) mass is 301 g/mol. The zero-order valence-electron chi connectivity index (χ0n) is 11.9. The summed E-state index contributed by atoms with van der Waals surface area (Å²) in [4.78, 5) is 24.2. The van der Waals surface area contributed by atoms with Crippen LogP contribution in [0.4, 0.5) is 20.7 Å². The molecule has 0 bridgehead atoms. The van der Waals surface area contributed by atoms with Crippen molar-refractivity contribution in [3.63, 3.8) is 0 Å². The number of piperazine rings is 1. The lowest BCUT2D eigenvalue weighted by molar-refractivity contribution is 0.208. The molecule has 1 fully saturated rings. The third-order valence-corrected chi connectivity index (χ3v) is 3.56. The number of nitrogens with zero attached hydrogens (tertiary/aromatic N) is 4. The van der Waals surface area contributed by atoms with E-state index < -0.39 is 5.82 Å². The van der Waals surface area contributed by atoms with Crippen molar-refractivity contribution in [2.24, 2.45) is 0 Å². The lowest BCUT2D eigenvalue weighted by Gasteiger charge is -2.35. The highest BCUT2D eigenvalue weighted by atomic mass is 19.1. The number of halogens is 1. The SMILES string of the molecule is O=C(Nc1ccccc1F)N1CCN(c2cnccn2)CC1. The van der Waals surface area contributed by atoms with E-state index in [1.165, 1.54) is 6.07 Å². The Bertz CT molecular complexity index is 643. The first kappa shape index (κ1) is 14.2. The molecule has 1 N–H and O–H groups in total. The van der Waals surface area contributed by atoms with Crippen LogP contribution < -0.4 is 10.2 Å². The van der Waals surface area contributed by atoms with E-state index in [0.717, 1.165) is 5.82 Å². The standard InChI is InChI=1S/C15H16FN5O/c16-12-3-1-2-4-13(12)19-15(22)21-9-7-20(8-10-21)14-11-17-5-6-18-14/h1-6,11H,7-10H2,(H,19,22). The Morgan fingerprint density at radius 3 is 2.59 bits per heavy atom. The number of urea groups is 1. The number of aromatic nitrogens is 2. The maximum absolute atomic E-state index is 13.5. The number of carbonyl (C=O) groups is 1. The van der Waals surface area contributed by atoms with Gasteiger partial charge in [-0.3, -0.25) is 4.98 Å². The molecule has 3 rings (SSSR count). The fraction of sp³-hybridized carbons (Fsp3) is 0.267. The van der Waals surface area contributed by atoms with Crippen molar-refractivity contribution < 1.29 is 9.18 Å². The van der Waals surface area contributed by atoms with Gasteiger partial charge in [0.15, 0.2) is 0 Å². The number of rotatable bonds is 2. The molecule has 0 radical (unpaired) electrons. The van der Waals surface area contributed by atoms with Crippen LogP contribution in [0.15, 0.2) is 42.9 Å². The van der Waals surface area contributed by atoms with Gasteiger partial charge in [-0.05, 0) is 12.1 Å². The highest BCUT2D eigenvalue weighted by Crippen LogP contribution is 2.15. The zero-order chi connectivity index (χ0) is 15.4. The number of carbonyl (C=O) groups excluding carboxylic acids is 1. The van der Waals surface area contributed by atoms with Gasteiger partial charge in [-0.25, -0.2) is 14.2 Å². The maximum atomic E-state index is 13.5. The number of hydrogen-bond donors (Lipinski definition) is 1. The second-order valence-corrected chi connectivity index (χ2v) is 4.95. The largest absolute Gasteiger partial charge is 0.352 e. The van der Waals surface area contributed by atoms with E-state index in [1.807, 2.05) is 0 Å². The molecule has 114 valence electrons. The van der Waals surface area contributed by atoms with Crippen LogP contribution in [0.3, 0.4) is 0 Å². The molecule has 0 spiro atoms. The number of para-hydroxylation sites is 1. The Labute approximate surface area is 127 Å². The molecule has 2 amide bonds. The minimum atomic E-state index is -0.436. The van der Waals surface area contributed by atoms with E-state index in [4.69, 9.17) is 0 Å². The van der Waals surface area contributed by atoms with Crippen molar-refractivity contribution in [2.45, 2.75) is 0 Å². The molecule has 0 saturated carbocycles. The van der Waals surface area contributed by atoms with Crippen LogP contribution in [-0.2, 0) is 0 Å². The van der Waals surface area contributed by atoms with Gasteiger partial charge in [0.25, 0.3) is 0 Å². The van der Waals surface area contributed by atoms with Crippen molar-refractivity contribution >= 4 is 17.5 Å². The number of nitrogens with one attached hydrogen (secondary N) is 1. The molecule has 0 atom stereocenters. The zero-order valence-corrected chi connectivity index (χ0v) is 11.9. The summed E-state index contributed by atoms with van der Waals surface area (Å²) in [5.74, 6) is 0.366. The third kappa shape index (κ3) is 3.13. The highest BCUT2D eigenvalue weighted by Gasteiger charge is 2.22. The first-order valence-corrected chi connectivity index (χ1v) is 7.05. The molecule has 22 heavy (non-hydrogen) atoms. The van der Waals surface area contributed by atoms with Crippen molar-refractivity contribution in [1.82, 2.24) is 14.9 Å². The predicted molar refractivity (Wildman–Crippen MR) is 81.2 cm³/mol. The molecular formula is C15H16FN5O. The first-order chi connectivity index (χ1) is 10.7. The molecule has 0 unspecified atom stereocenters. The minimum Gasteiger partial charge on any atom is -0.352 e. The van der Waals surface area contributed by atoms with Gasteiger partial charge in [-0.1, -0.05) is 12.1 Å². The summed E-state index contributed by atoms with van der Waals surface area (Å²) in [5.41, 5.74) is 0.198. The van der Waals surface area contributed by atoms with Gasteiger partial charge in [0.05, 0.1) is 11.9 Å². The Hall–Kier alpha value is -2.70. The van der Waals surface area contributed by atoms with Crippen LogP contribution in [0, 0.1) is 5.82 Å². The second kappa shape index (κ2) is 6.38. The van der Waals surface area contributed by atoms with Crippen LogP contribution in [0.2, 0.25) is 0 Å². The van der Waals surface area contributed by atoms with Gasteiger partial charge in [-0.2, -0.15) is 0 Å². The summed E-state index contributed by atoms with van der Waals surface area (Å²) in [6.45, 7) is 2.44. The number of amides is 2. The van der Waals surface area contributed by atoms with Crippen LogP contribution in [-0.4, -0.2) is 47.1 Å². The summed E-state index contributed by atoms with van der Waals surface area (Å²) < 4.78 is 13.5. The van der Waals surface area contributed by atoms with Crippen LogP contribution in [0.1, 0.15) is 0 Å². The summed E-state index contributed by atoms with van der Waals surface area (Å²) in [6.07, 6.45) is 4.98. The van der Waals surface area contributed by atoms with Crippen molar-refractivity contribution in [1.29, 1.82) is 0 Å². The van der Waals surface area contributed by atoms with Gasteiger partial charge in [0.2, 0.25) is 0 Å². The molecule has 1 aliphatic rings. The molecule has 1 saturated heterocycles. The fourth-order valence-corrected chi connectivity index (χ4v) is 2.35. The van der Waals surface area contributed by atoms with E-state index in [-0.39, 0.29) is 11.7 Å². The summed E-state index contributed by atoms with van der Waals surface area (Å²) in [5, 5.41) is 2.60.